The zero-order valence-electron chi connectivity index (χ0n) is 19.9. The third-order valence-corrected chi connectivity index (χ3v) is 9.11. The van der Waals surface area contributed by atoms with Crippen molar-refractivity contribution in [2.75, 3.05) is 26.1 Å². The zero-order valence-corrected chi connectivity index (χ0v) is 20.7. The molecule has 3 aliphatic rings. The number of carbonyl (C=O) groups excluding carboxylic acids is 1. The van der Waals surface area contributed by atoms with Crippen molar-refractivity contribution >= 4 is 17.5 Å². The van der Waals surface area contributed by atoms with Crippen molar-refractivity contribution in [1.29, 1.82) is 0 Å². The number of ether oxygens (including phenoxy) is 1. The number of hydrogen-bond acceptors (Lipinski definition) is 3. The van der Waals surface area contributed by atoms with E-state index in [1.54, 1.807) is 12.7 Å². The Hall–Kier alpha value is -1.26. The van der Waals surface area contributed by atoms with Crippen LogP contribution in [0.25, 0.3) is 0 Å². The number of fused-ring (bicyclic) bond motifs is 5. The van der Waals surface area contributed by atoms with E-state index in [1.165, 1.54) is 63.4 Å². The summed E-state index contributed by atoms with van der Waals surface area (Å²) in [5.74, 6) is 3.47. The molecule has 5 atom stereocenters. The lowest BCUT2D eigenvalue weighted by Gasteiger charge is -2.51. The fraction of sp³-hybridized carbons (Fsp3) is 0.741. The molecule has 0 radical (unpaired) electrons. The number of halogens is 1. The molecule has 1 amide bonds. The average Bonchev–Trinajstić information content (AvgIpc) is 3.16. The summed E-state index contributed by atoms with van der Waals surface area (Å²) >= 11 is 5.50. The van der Waals surface area contributed by atoms with Gasteiger partial charge in [0.2, 0.25) is 5.91 Å². The SMILES string of the molecule is COc1ccc2c(c1)CCC1C2CC[C@]2(C)C(NCCCCCCNC(=O)CCl)CCC12. The summed E-state index contributed by atoms with van der Waals surface area (Å²) in [6, 6.07) is 7.48. The molecule has 5 heteroatoms. The van der Waals surface area contributed by atoms with Crippen LogP contribution in [0.2, 0.25) is 0 Å². The summed E-state index contributed by atoms with van der Waals surface area (Å²) in [6.45, 7) is 4.46. The van der Waals surface area contributed by atoms with Crippen molar-refractivity contribution in [3.8, 4) is 5.75 Å². The van der Waals surface area contributed by atoms with Gasteiger partial charge in [0, 0.05) is 12.6 Å². The van der Waals surface area contributed by atoms with Crippen LogP contribution < -0.4 is 15.4 Å². The number of hydrogen-bond donors (Lipinski definition) is 2. The fourth-order valence-electron chi connectivity index (χ4n) is 7.18. The monoisotopic (exact) mass is 460 g/mol. The first kappa shape index (κ1) is 23.9. The summed E-state index contributed by atoms with van der Waals surface area (Å²) in [4.78, 5) is 11.2. The molecule has 1 aromatic carbocycles. The van der Waals surface area contributed by atoms with E-state index in [2.05, 4.69) is 35.8 Å². The van der Waals surface area contributed by atoms with E-state index >= 15 is 0 Å². The van der Waals surface area contributed by atoms with Crippen molar-refractivity contribution in [2.24, 2.45) is 17.3 Å². The van der Waals surface area contributed by atoms with Crippen molar-refractivity contribution in [3.63, 3.8) is 0 Å². The van der Waals surface area contributed by atoms with Gasteiger partial charge in [-0.05, 0) is 104 Å². The summed E-state index contributed by atoms with van der Waals surface area (Å²) < 4.78 is 5.47. The molecule has 1 aromatic rings. The molecule has 0 heterocycles. The van der Waals surface area contributed by atoms with Gasteiger partial charge < -0.3 is 15.4 Å². The fourth-order valence-corrected chi connectivity index (χ4v) is 7.27. The Morgan fingerprint density at radius 2 is 1.94 bits per heavy atom. The predicted octanol–water partition coefficient (Wildman–Crippen LogP) is 5.42. The van der Waals surface area contributed by atoms with Crippen LogP contribution in [0.1, 0.15) is 81.8 Å². The number of carbonyl (C=O) groups is 1. The standard InChI is InChI=1S/C27H41ClN2O2/c1-27-14-13-22-21-10-8-20(32-2)17-19(21)7-9-23(22)24(27)11-12-25(27)29-15-5-3-4-6-16-30-26(31)18-28/h8,10,17,22-25,29H,3-7,9,11-16,18H2,1-2H3,(H,30,31)/t22?,23?,24?,25?,27-/m0/s1. The lowest BCUT2D eigenvalue weighted by molar-refractivity contribution is -0.118. The largest absolute Gasteiger partial charge is 0.497 e. The van der Waals surface area contributed by atoms with E-state index in [4.69, 9.17) is 16.3 Å². The Kier molecular flexibility index (Phi) is 8.04. The van der Waals surface area contributed by atoms with Crippen LogP contribution >= 0.6 is 11.6 Å². The van der Waals surface area contributed by atoms with Gasteiger partial charge in [-0.1, -0.05) is 25.8 Å². The molecular formula is C27H41ClN2O2. The molecule has 4 nitrogen and oxygen atoms in total. The molecule has 2 saturated carbocycles. The highest BCUT2D eigenvalue weighted by molar-refractivity contribution is 6.27. The summed E-state index contributed by atoms with van der Waals surface area (Å²) in [5, 5.41) is 6.81. The minimum Gasteiger partial charge on any atom is -0.497 e. The Morgan fingerprint density at radius 3 is 2.72 bits per heavy atom. The second-order valence-electron chi connectivity index (χ2n) is 10.5. The van der Waals surface area contributed by atoms with Crippen molar-refractivity contribution in [2.45, 2.75) is 83.1 Å². The van der Waals surface area contributed by atoms with Gasteiger partial charge in [0.1, 0.15) is 11.6 Å². The van der Waals surface area contributed by atoms with Crippen LogP contribution in [-0.4, -0.2) is 38.0 Å². The van der Waals surface area contributed by atoms with Crippen molar-refractivity contribution in [3.05, 3.63) is 29.3 Å². The minimum atomic E-state index is -0.0618. The van der Waals surface area contributed by atoms with E-state index in [1.807, 2.05) is 0 Å². The van der Waals surface area contributed by atoms with Crippen LogP contribution in [0.3, 0.4) is 0 Å². The molecule has 0 aliphatic heterocycles. The average molecular weight is 461 g/mol. The Labute approximate surface area is 199 Å². The molecule has 2 N–H and O–H groups in total. The highest BCUT2D eigenvalue weighted by Crippen LogP contribution is 2.60. The van der Waals surface area contributed by atoms with E-state index < -0.39 is 0 Å². The summed E-state index contributed by atoms with van der Waals surface area (Å²) in [7, 11) is 1.77. The number of amides is 1. The first-order chi connectivity index (χ1) is 15.6. The molecule has 2 fully saturated rings. The first-order valence-electron chi connectivity index (χ1n) is 12.8. The number of alkyl halides is 1. The molecule has 0 bridgehead atoms. The van der Waals surface area contributed by atoms with Crippen LogP contribution in [0.5, 0.6) is 5.75 Å². The van der Waals surface area contributed by atoms with Crippen LogP contribution in [0.15, 0.2) is 18.2 Å². The highest BCUT2D eigenvalue weighted by Gasteiger charge is 2.54. The van der Waals surface area contributed by atoms with Crippen LogP contribution in [0, 0.1) is 17.3 Å². The summed E-state index contributed by atoms with van der Waals surface area (Å²) in [6.07, 6.45) is 12.6. The number of aryl methyl sites for hydroxylation is 1. The van der Waals surface area contributed by atoms with Crippen molar-refractivity contribution < 1.29 is 9.53 Å². The zero-order chi connectivity index (χ0) is 22.6. The quantitative estimate of drug-likeness (QED) is 0.361. The first-order valence-corrected chi connectivity index (χ1v) is 13.3. The molecule has 178 valence electrons. The van der Waals surface area contributed by atoms with Gasteiger partial charge in [-0.3, -0.25) is 4.79 Å². The normalized spacial score (nSPS) is 30.8. The van der Waals surface area contributed by atoms with Gasteiger partial charge in [-0.2, -0.15) is 0 Å². The van der Waals surface area contributed by atoms with Gasteiger partial charge in [-0.25, -0.2) is 0 Å². The lowest BCUT2D eigenvalue weighted by Crippen LogP contribution is -2.48. The molecular weight excluding hydrogens is 420 g/mol. The number of unbranched alkanes of at least 4 members (excludes halogenated alkanes) is 3. The maximum atomic E-state index is 11.2. The number of benzene rings is 1. The van der Waals surface area contributed by atoms with Gasteiger partial charge >= 0.3 is 0 Å². The Bertz CT molecular complexity index is 785. The molecule has 3 aliphatic carbocycles. The Morgan fingerprint density at radius 1 is 1.12 bits per heavy atom. The van der Waals surface area contributed by atoms with Gasteiger partial charge in [-0.15, -0.1) is 11.6 Å². The highest BCUT2D eigenvalue weighted by atomic mass is 35.5. The third-order valence-electron chi connectivity index (χ3n) is 8.87. The summed E-state index contributed by atoms with van der Waals surface area (Å²) in [5.41, 5.74) is 3.60. The second-order valence-corrected chi connectivity index (χ2v) is 10.8. The maximum absolute atomic E-state index is 11.2. The molecule has 4 unspecified atom stereocenters. The second kappa shape index (κ2) is 10.8. The van der Waals surface area contributed by atoms with E-state index in [0.717, 1.165) is 43.0 Å². The molecule has 4 rings (SSSR count). The smallest absolute Gasteiger partial charge is 0.234 e. The van der Waals surface area contributed by atoms with Crippen LogP contribution in [-0.2, 0) is 11.2 Å². The maximum Gasteiger partial charge on any atom is 0.234 e. The van der Waals surface area contributed by atoms with Gasteiger partial charge in [0.05, 0.1) is 7.11 Å². The van der Waals surface area contributed by atoms with Gasteiger partial charge in [0.15, 0.2) is 0 Å². The molecule has 0 spiro atoms. The number of rotatable bonds is 10. The van der Waals surface area contributed by atoms with Crippen molar-refractivity contribution in [1.82, 2.24) is 10.6 Å². The number of nitrogens with one attached hydrogen (secondary N) is 2. The predicted molar refractivity (Wildman–Crippen MR) is 132 cm³/mol. The van der Waals surface area contributed by atoms with Gasteiger partial charge in [0.25, 0.3) is 0 Å². The molecule has 0 aromatic heterocycles. The number of methoxy groups -OCH3 is 1. The lowest BCUT2D eigenvalue weighted by atomic mass is 9.55. The van der Waals surface area contributed by atoms with E-state index in [-0.39, 0.29) is 11.8 Å². The minimum absolute atomic E-state index is 0.0618. The van der Waals surface area contributed by atoms with E-state index in [0.29, 0.717) is 11.5 Å². The molecule has 0 saturated heterocycles. The van der Waals surface area contributed by atoms with E-state index in [9.17, 15) is 4.79 Å². The third kappa shape index (κ3) is 4.97. The van der Waals surface area contributed by atoms with Crippen LogP contribution in [0.4, 0.5) is 0 Å². The topological polar surface area (TPSA) is 50.4 Å². The molecule has 32 heavy (non-hydrogen) atoms. The Balaban J connectivity index is 1.25.